The van der Waals surface area contributed by atoms with Gasteiger partial charge in [-0.2, -0.15) is 10.5 Å². The molecule has 0 N–H and O–H groups in total. The number of nitrogens with zero attached hydrogens (tertiary/aromatic N) is 3. The SMILES string of the molecule is CN(C)c1cc2c(s1)-c1sc(C=C(C#N)C#N)cc1[Si]2(C)C. The number of thiophene rings is 2. The molecule has 3 heterocycles. The Balaban J connectivity index is 2.15. The molecule has 0 radical (unpaired) electrons. The predicted molar refractivity (Wildman–Crippen MR) is 97.9 cm³/mol. The molecule has 2 aromatic heterocycles. The third-order valence-electron chi connectivity index (χ3n) is 3.99. The summed E-state index contributed by atoms with van der Waals surface area (Å²) in [5.74, 6) is 0. The lowest BCUT2D eigenvalue weighted by Crippen LogP contribution is -2.48. The highest BCUT2D eigenvalue weighted by molar-refractivity contribution is 7.30. The Morgan fingerprint density at radius 2 is 1.68 bits per heavy atom. The maximum Gasteiger partial charge on any atom is 0.131 e. The maximum atomic E-state index is 8.93. The fraction of sp³-hybridized carbons (Fsp3) is 0.250. The van der Waals surface area contributed by atoms with Crippen molar-refractivity contribution in [2.24, 2.45) is 0 Å². The van der Waals surface area contributed by atoms with E-state index in [9.17, 15) is 0 Å². The molecule has 6 heteroatoms. The molecule has 3 nitrogen and oxygen atoms in total. The van der Waals surface area contributed by atoms with Gasteiger partial charge in [-0.1, -0.05) is 13.1 Å². The van der Waals surface area contributed by atoms with E-state index in [1.165, 1.54) is 25.1 Å². The zero-order valence-corrected chi connectivity index (χ0v) is 15.5. The average Bonchev–Trinajstić information content (AvgIpc) is 3.12. The first-order chi connectivity index (χ1) is 10.4. The van der Waals surface area contributed by atoms with Gasteiger partial charge < -0.3 is 4.90 Å². The highest BCUT2D eigenvalue weighted by Crippen LogP contribution is 2.41. The number of anilines is 1. The number of fused-ring (bicyclic) bond motifs is 3. The van der Waals surface area contributed by atoms with Gasteiger partial charge in [0.25, 0.3) is 0 Å². The number of hydrogen-bond acceptors (Lipinski definition) is 5. The molecule has 0 saturated carbocycles. The Kier molecular flexibility index (Phi) is 3.49. The van der Waals surface area contributed by atoms with E-state index in [1.54, 1.807) is 17.4 Å². The van der Waals surface area contributed by atoms with Gasteiger partial charge >= 0.3 is 0 Å². The summed E-state index contributed by atoms with van der Waals surface area (Å²) in [6.45, 7) is 4.75. The van der Waals surface area contributed by atoms with Crippen molar-refractivity contribution in [2.45, 2.75) is 13.1 Å². The van der Waals surface area contributed by atoms with Crippen LogP contribution in [-0.2, 0) is 0 Å². The van der Waals surface area contributed by atoms with Crippen molar-refractivity contribution in [1.29, 1.82) is 10.5 Å². The lowest BCUT2D eigenvalue weighted by Gasteiger charge is -2.16. The molecular weight excluding hydrogens is 326 g/mol. The van der Waals surface area contributed by atoms with E-state index in [-0.39, 0.29) is 5.57 Å². The van der Waals surface area contributed by atoms with E-state index in [0.717, 1.165) is 4.88 Å². The molecule has 0 saturated heterocycles. The first-order valence-electron chi connectivity index (χ1n) is 6.86. The number of hydrogen-bond donors (Lipinski definition) is 0. The molecule has 0 unspecified atom stereocenters. The molecule has 1 aliphatic heterocycles. The molecule has 0 fully saturated rings. The van der Waals surface area contributed by atoms with Crippen LogP contribution in [0.2, 0.25) is 13.1 Å². The van der Waals surface area contributed by atoms with Crippen LogP contribution in [0.5, 0.6) is 0 Å². The van der Waals surface area contributed by atoms with Crippen LogP contribution in [0.3, 0.4) is 0 Å². The van der Waals surface area contributed by atoms with Crippen LogP contribution >= 0.6 is 22.7 Å². The third-order valence-corrected chi connectivity index (χ3v) is 10.4. The van der Waals surface area contributed by atoms with Crippen molar-refractivity contribution in [1.82, 2.24) is 0 Å². The van der Waals surface area contributed by atoms with Gasteiger partial charge in [-0.05, 0) is 28.6 Å². The highest BCUT2D eigenvalue weighted by Gasteiger charge is 2.41. The smallest absolute Gasteiger partial charge is 0.131 e. The normalized spacial score (nSPS) is 13.7. The molecule has 22 heavy (non-hydrogen) atoms. The third kappa shape index (κ3) is 2.12. The van der Waals surface area contributed by atoms with E-state index in [2.05, 4.69) is 44.2 Å². The standard InChI is InChI=1S/C16H15N3S2Si/c1-19(2)14-7-13-16(21-14)15-12(22(13,3)4)6-11(20-15)5-10(8-17)9-18/h5-7H,1-4H3. The molecule has 110 valence electrons. The zero-order valence-electron chi connectivity index (χ0n) is 12.9. The van der Waals surface area contributed by atoms with Gasteiger partial charge in [0, 0.05) is 28.7 Å². The molecule has 2 aromatic rings. The summed E-state index contributed by atoms with van der Waals surface area (Å²) in [6, 6.07) is 8.40. The lowest BCUT2D eigenvalue weighted by molar-refractivity contribution is 1.16. The minimum atomic E-state index is -1.66. The van der Waals surface area contributed by atoms with Crippen LogP contribution < -0.4 is 15.3 Å². The minimum Gasteiger partial charge on any atom is -0.370 e. The van der Waals surface area contributed by atoms with Gasteiger partial charge in [-0.25, -0.2) is 0 Å². The van der Waals surface area contributed by atoms with Crippen LogP contribution in [0.25, 0.3) is 15.8 Å². The fourth-order valence-electron chi connectivity index (χ4n) is 2.72. The van der Waals surface area contributed by atoms with Crippen molar-refractivity contribution >= 4 is 52.2 Å². The molecular formula is C16H15N3S2Si. The topological polar surface area (TPSA) is 50.8 Å². The van der Waals surface area contributed by atoms with Crippen LogP contribution in [0.1, 0.15) is 4.88 Å². The quantitative estimate of drug-likeness (QED) is 0.623. The fourth-order valence-corrected chi connectivity index (χ4v) is 9.79. The number of allylic oxidation sites excluding steroid dienone is 1. The van der Waals surface area contributed by atoms with Crippen molar-refractivity contribution < 1.29 is 0 Å². The Bertz CT molecular complexity index is 856. The summed E-state index contributed by atoms with van der Waals surface area (Å²) in [7, 11) is 2.49. The van der Waals surface area contributed by atoms with Gasteiger partial charge in [-0.15, -0.1) is 22.7 Å². The van der Waals surface area contributed by atoms with E-state index in [4.69, 9.17) is 10.5 Å². The second-order valence-corrected chi connectivity index (χ2v) is 12.5. The molecule has 0 aliphatic carbocycles. The second kappa shape index (κ2) is 5.10. The van der Waals surface area contributed by atoms with E-state index in [0.29, 0.717) is 0 Å². The molecule has 3 rings (SSSR count). The van der Waals surface area contributed by atoms with E-state index in [1.807, 2.05) is 23.5 Å². The van der Waals surface area contributed by atoms with Crippen LogP contribution in [0.4, 0.5) is 5.00 Å². The molecule has 0 atom stereocenters. The zero-order chi connectivity index (χ0) is 16.1. The predicted octanol–water partition coefficient (Wildman–Crippen LogP) is 3.11. The lowest BCUT2D eigenvalue weighted by atomic mass is 10.3. The monoisotopic (exact) mass is 341 g/mol. The Morgan fingerprint density at radius 3 is 2.27 bits per heavy atom. The van der Waals surface area contributed by atoms with Gasteiger partial charge in [0.05, 0.1) is 5.00 Å². The Labute approximate surface area is 139 Å². The first kappa shape index (κ1) is 15.0. The molecule has 0 bridgehead atoms. The van der Waals surface area contributed by atoms with Gasteiger partial charge in [-0.3, -0.25) is 0 Å². The molecule has 0 aromatic carbocycles. The van der Waals surface area contributed by atoms with Crippen LogP contribution in [0.15, 0.2) is 17.7 Å². The molecule has 0 spiro atoms. The van der Waals surface area contributed by atoms with Crippen molar-refractivity contribution in [3.05, 3.63) is 22.6 Å². The molecule has 0 amide bonds. The average molecular weight is 342 g/mol. The summed E-state index contributed by atoms with van der Waals surface area (Å²) in [5.41, 5.74) is 0.166. The van der Waals surface area contributed by atoms with Crippen molar-refractivity contribution in [2.75, 3.05) is 19.0 Å². The Morgan fingerprint density at radius 1 is 1.09 bits per heavy atom. The summed E-state index contributed by atoms with van der Waals surface area (Å²) >= 11 is 3.54. The summed E-state index contributed by atoms with van der Waals surface area (Å²) in [5, 5.41) is 22.1. The van der Waals surface area contributed by atoms with E-state index < -0.39 is 8.07 Å². The highest BCUT2D eigenvalue weighted by atomic mass is 32.1. The maximum absolute atomic E-state index is 8.93. The number of nitriles is 2. The Hall–Kier alpha value is -1.86. The summed E-state index contributed by atoms with van der Waals surface area (Å²) in [4.78, 5) is 5.89. The molecule has 1 aliphatic rings. The summed E-state index contributed by atoms with van der Waals surface area (Å²) in [6.07, 6.45) is 1.70. The van der Waals surface area contributed by atoms with E-state index >= 15 is 0 Å². The summed E-state index contributed by atoms with van der Waals surface area (Å²) < 4.78 is 0. The number of rotatable bonds is 2. The van der Waals surface area contributed by atoms with Gasteiger partial charge in [0.2, 0.25) is 0 Å². The van der Waals surface area contributed by atoms with Crippen molar-refractivity contribution in [3.63, 3.8) is 0 Å². The largest absolute Gasteiger partial charge is 0.370 e. The van der Waals surface area contributed by atoms with Gasteiger partial charge in [0.1, 0.15) is 25.8 Å². The van der Waals surface area contributed by atoms with Crippen LogP contribution in [-0.4, -0.2) is 22.2 Å². The van der Waals surface area contributed by atoms with Crippen molar-refractivity contribution in [3.8, 4) is 21.9 Å². The first-order valence-corrected chi connectivity index (χ1v) is 11.5. The van der Waals surface area contributed by atoms with Crippen LogP contribution in [0, 0.1) is 22.7 Å². The minimum absolute atomic E-state index is 0.166. The second-order valence-electron chi connectivity index (χ2n) is 6.02. The van der Waals surface area contributed by atoms with Gasteiger partial charge in [0.15, 0.2) is 0 Å².